The Morgan fingerprint density at radius 3 is 2.32 bits per heavy atom. The van der Waals surface area contributed by atoms with E-state index in [0.29, 0.717) is 0 Å². The molecule has 0 radical (unpaired) electrons. The molecule has 28 heavy (non-hydrogen) atoms. The molecule has 5 aromatic carbocycles. The number of anilines is 2. The van der Waals surface area contributed by atoms with Crippen LogP contribution >= 0.6 is 0 Å². The average Bonchev–Trinajstić information content (AvgIpc) is 3.12. The second-order valence-electron chi connectivity index (χ2n) is 7.46. The van der Waals surface area contributed by atoms with Crippen molar-refractivity contribution in [3.05, 3.63) is 84.9 Å². The van der Waals surface area contributed by atoms with Gasteiger partial charge in [0.15, 0.2) is 0 Å². The Hall–Kier alpha value is -3.78. The molecule has 0 fully saturated rings. The lowest BCUT2D eigenvalue weighted by atomic mass is 9.87. The van der Waals surface area contributed by atoms with E-state index in [1.807, 2.05) is 6.07 Å². The number of nitrogens with one attached hydrogen (secondary N) is 1. The van der Waals surface area contributed by atoms with Gasteiger partial charge in [-0.3, -0.25) is 0 Å². The number of para-hydroxylation sites is 2. The number of hydrogen-bond donors (Lipinski definition) is 1. The zero-order valence-corrected chi connectivity index (χ0v) is 15.0. The number of rotatable bonds is 0. The van der Waals surface area contributed by atoms with Crippen molar-refractivity contribution in [1.82, 2.24) is 0 Å². The van der Waals surface area contributed by atoms with E-state index in [9.17, 15) is 0 Å². The molecular formula is C26H15NO. The zero-order valence-electron chi connectivity index (χ0n) is 15.0. The fraction of sp³-hybridized carbons (Fsp3) is 0. The molecule has 0 aliphatic carbocycles. The van der Waals surface area contributed by atoms with Gasteiger partial charge < -0.3 is 9.73 Å². The summed E-state index contributed by atoms with van der Waals surface area (Å²) in [6.07, 6.45) is 0. The number of fused-ring (bicyclic) bond motifs is 8. The van der Waals surface area contributed by atoms with Gasteiger partial charge in [0.05, 0.1) is 0 Å². The predicted molar refractivity (Wildman–Crippen MR) is 117 cm³/mol. The maximum atomic E-state index is 6.31. The normalized spacial score (nSPS) is 12.6. The molecule has 0 amide bonds. The summed E-state index contributed by atoms with van der Waals surface area (Å²) in [4.78, 5) is 0. The van der Waals surface area contributed by atoms with Gasteiger partial charge in [-0.25, -0.2) is 0 Å². The highest BCUT2D eigenvalue weighted by atomic mass is 16.3. The maximum absolute atomic E-state index is 6.31. The average molecular weight is 357 g/mol. The first kappa shape index (κ1) is 14.3. The number of furan rings is 1. The molecule has 2 heterocycles. The molecule has 7 rings (SSSR count). The van der Waals surface area contributed by atoms with E-state index in [1.54, 1.807) is 0 Å². The quantitative estimate of drug-likeness (QED) is 0.282. The standard InChI is InChI=1S/C26H15NO/c1-2-8-16-15(7-1)13-21-24-19(16)14-23-25(18-10-4-6-12-22(18)28-23)26(24)17-9-3-5-11-20(17)27-21/h1-14,27H. The maximum Gasteiger partial charge on any atom is 0.136 e. The van der Waals surface area contributed by atoms with Crippen molar-refractivity contribution in [3.8, 4) is 11.1 Å². The molecule has 0 bridgehead atoms. The molecule has 2 nitrogen and oxygen atoms in total. The molecule has 0 atom stereocenters. The van der Waals surface area contributed by atoms with Crippen LogP contribution < -0.4 is 5.32 Å². The second-order valence-corrected chi connectivity index (χ2v) is 7.46. The minimum atomic E-state index is 0.936. The molecule has 1 aromatic heterocycles. The highest BCUT2D eigenvalue weighted by Crippen LogP contribution is 2.51. The van der Waals surface area contributed by atoms with Gasteiger partial charge in [0, 0.05) is 38.7 Å². The van der Waals surface area contributed by atoms with Crippen LogP contribution in [0.5, 0.6) is 0 Å². The Morgan fingerprint density at radius 2 is 1.36 bits per heavy atom. The van der Waals surface area contributed by atoms with Crippen LogP contribution in [0.1, 0.15) is 0 Å². The van der Waals surface area contributed by atoms with Crippen LogP contribution in [0.25, 0.3) is 54.6 Å². The van der Waals surface area contributed by atoms with Gasteiger partial charge in [-0.05, 0) is 40.4 Å². The SMILES string of the molecule is c1ccc2c(c1)Nc1cc3ccccc3c3cc4oc5ccccc5c4c-2c13. The van der Waals surface area contributed by atoms with Gasteiger partial charge >= 0.3 is 0 Å². The molecule has 0 saturated heterocycles. The van der Waals surface area contributed by atoms with Gasteiger partial charge in [0.1, 0.15) is 11.2 Å². The van der Waals surface area contributed by atoms with Crippen LogP contribution in [0.3, 0.4) is 0 Å². The van der Waals surface area contributed by atoms with Crippen molar-refractivity contribution in [2.45, 2.75) is 0 Å². The molecule has 0 saturated carbocycles. The molecular weight excluding hydrogens is 342 g/mol. The van der Waals surface area contributed by atoms with Crippen LogP contribution in [-0.2, 0) is 0 Å². The number of benzene rings is 5. The van der Waals surface area contributed by atoms with Crippen molar-refractivity contribution in [2.75, 3.05) is 5.32 Å². The van der Waals surface area contributed by atoms with Crippen molar-refractivity contribution >= 4 is 54.9 Å². The van der Waals surface area contributed by atoms with E-state index in [-0.39, 0.29) is 0 Å². The summed E-state index contributed by atoms with van der Waals surface area (Å²) in [5.74, 6) is 0. The van der Waals surface area contributed by atoms with Crippen molar-refractivity contribution in [3.63, 3.8) is 0 Å². The Balaban J connectivity index is 1.85. The van der Waals surface area contributed by atoms with E-state index in [0.717, 1.165) is 22.5 Å². The van der Waals surface area contributed by atoms with Crippen LogP contribution in [0, 0.1) is 0 Å². The number of hydrogen-bond acceptors (Lipinski definition) is 2. The highest BCUT2D eigenvalue weighted by Gasteiger charge is 2.24. The first-order valence-corrected chi connectivity index (χ1v) is 9.54. The third-order valence-electron chi connectivity index (χ3n) is 5.95. The second kappa shape index (κ2) is 4.93. The van der Waals surface area contributed by atoms with Crippen LogP contribution in [0.2, 0.25) is 0 Å². The predicted octanol–water partition coefficient (Wildman–Crippen LogP) is 7.62. The minimum Gasteiger partial charge on any atom is -0.456 e. The van der Waals surface area contributed by atoms with Crippen LogP contribution in [0.4, 0.5) is 11.4 Å². The van der Waals surface area contributed by atoms with Crippen molar-refractivity contribution < 1.29 is 4.42 Å². The Morgan fingerprint density at radius 1 is 0.571 bits per heavy atom. The van der Waals surface area contributed by atoms with Crippen molar-refractivity contribution in [2.24, 2.45) is 0 Å². The van der Waals surface area contributed by atoms with Gasteiger partial charge in [-0.15, -0.1) is 0 Å². The van der Waals surface area contributed by atoms with Gasteiger partial charge in [0.2, 0.25) is 0 Å². The van der Waals surface area contributed by atoms with E-state index in [1.165, 1.54) is 43.4 Å². The fourth-order valence-corrected chi connectivity index (χ4v) is 4.80. The van der Waals surface area contributed by atoms with Crippen LogP contribution in [0.15, 0.2) is 89.3 Å². The first-order chi connectivity index (χ1) is 13.9. The molecule has 1 N–H and O–H groups in total. The monoisotopic (exact) mass is 357 g/mol. The topological polar surface area (TPSA) is 25.2 Å². The lowest BCUT2D eigenvalue weighted by Crippen LogP contribution is -2.01. The lowest BCUT2D eigenvalue weighted by molar-refractivity contribution is 0.669. The summed E-state index contributed by atoms with van der Waals surface area (Å²) in [6.45, 7) is 0. The smallest absolute Gasteiger partial charge is 0.136 e. The molecule has 0 unspecified atom stereocenters. The Labute approximate surface area is 161 Å². The van der Waals surface area contributed by atoms with E-state index in [2.05, 4.69) is 84.2 Å². The Bertz CT molecular complexity index is 1590. The molecule has 6 aromatic rings. The van der Waals surface area contributed by atoms with E-state index < -0.39 is 0 Å². The summed E-state index contributed by atoms with van der Waals surface area (Å²) in [6, 6.07) is 30.0. The minimum absolute atomic E-state index is 0.936. The summed E-state index contributed by atoms with van der Waals surface area (Å²) >= 11 is 0. The summed E-state index contributed by atoms with van der Waals surface area (Å²) < 4.78 is 6.31. The first-order valence-electron chi connectivity index (χ1n) is 9.54. The summed E-state index contributed by atoms with van der Waals surface area (Å²) in [5.41, 5.74) is 6.69. The Kier molecular flexibility index (Phi) is 2.52. The van der Waals surface area contributed by atoms with Gasteiger partial charge in [-0.2, -0.15) is 0 Å². The fourth-order valence-electron chi connectivity index (χ4n) is 4.80. The molecule has 2 heteroatoms. The van der Waals surface area contributed by atoms with E-state index in [4.69, 9.17) is 4.42 Å². The highest BCUT2D eigenvalue weighted by molar-refractivity contribution is 6.30. The van der Waals surface area contributed by atoms with Crippen LogP contribution in [-0.4, -0.2) is 0 Å². The molecule has 0 spiro atoms. The largest absolute Gasteiger partial charge is 0.456 e. The van der Waals surface area contributed by atoms with Gasteiger partial charge in [0.25, 0.3) is 0 Å². The van der Waals surface area contributed by atoms with Crippen molar-refractivity contribution in [1.29, 1.82) is 0 Å². The summed E-state index contributed by atoms with van der Waals surface area (Å²) in [5, 5.41) is 11.0. The molecule has 1 aliphatic rings. The summed E-state index contributed by atoms with van der Waals surface area (Å²) in [7, 11) is 0. The lowest BCUT2D eigenvalue weighted by Gasteiger charge is -2.24. The van der Waals surface area contributed by atoms with E-state index >= 15 is 0 Å². The molecule has 1 aliphatic heterocycles. The molecule has 130 valence electrons. The third-order valence-corrected chi connectivity index (χ3v) is 5.95. The zero-order chi connectivity index (χ0) is 18.2. The van der Waals surface area contributed by atoms with Gasteiger partial charge in [-0.1, -0.05) is 60.7 Å². The third kappa shape index (κ3) is 1.68.